The third kappa shape index (κ3) is 5.15. The molecule has 5 N–H and O–H groups in total. The van der Waals surface area contributed by atoms with Crippen molar-refractivity contribution < 1.29 is 9.53 Å². The van der Waals surface area contributed by atoms with E-state index in [-0.39, 0.29) is 6.61 Å². The average molecular weight is 386 g/mol. The van der Waals surface area contributed by atoms with E-state index in [9.17, 15) is 4.79 Å². The number of aryl methyl sites for hydroxylation is 1. The van der Waals surface area contributed by atoms with Crippen molar-refractivity contribution in [3.05, 3.63) is 47.3 Å². The minimum absolute atomic E-state index is 0.183. The van der Waals surface area contributed by atoms with Crippen molar-refractivity contribution in [3.63, 3.8) is 0 Å². The summed E-state index contributed by atoms with van der Waals surface area (Å²) in [5.41, 5.74) is 3.66. The second-order valence-corrected chi connectivity index (χ2v) is 6.13. The Labute approximate surface area is 163 Å². The number of nitrogens with one attached hydrogen (secondary N) is 1. The summed E-state index contributed by atoms with van der Waals surface area (Å²) >= 11 is 0. The van der Waals surface area contributed by atoms with E-state index in [0.29, 0.717) is 23.7 Å². The Balaban J connectivity index is 2.19. The SMILES string of the molecule is CCC(=NN=C(C)c1ccn[nH]1)OCc1c(C)cccc1N(N)C(=O)N(C)N. The highest BCUT2D eigenvalue weighted by molar-refractivity contribution is 5.97. The zero-order valence-corrected chi connectivity index (χ0v) is 16.5. The van der Waals surface area contributed by atoms with E-state index >= 15 is 0 Å². The molecule has 0 atom stereocenters. The van der Waals surface area contributed by atoms with Crippen LogP contribution in [-0.2, 0) is 11.3 Å². The first-order valence-corrected chi connectivity index (χ1v) is 8.74. The van der Waals surface area contributed by atoms with Gasteiger partial charge in [-0.05, 0) is 31.5 Å². The number of carbonyl (C=O) groups is 1. The Bertz CT molecular complexity index is 858. The fraction of sp³-hybridized carbons (Fsp3) is 0.333. The molecule has 0 saturated carbocycles. The molecule has 1 aromatic carbocycles. The van der Waals surface area contributed by atoms with Gasteiger partial charge in [-0.15, -0.1) is 5.10 Å². The van der Waals surface area contributed by atoms with Crippen molar-refractivity contribution in [2.75, 3.05) is 12.1 Å². The Hall–Kier alpha value is -3.24. The number of aromatic amines is 1. The van der Waals surface area contributed by atoms with Crippen LogP contribution in [-0.4, -0.2) is 39.9 Å². The van der Waals surface area contributed by atoms with Gasteiger partial charge in [-0.3, -0.25) is 10.1 Å². The molecular formula is C18H26N8O2. The van der Waals surface area contributed by atoms with Crippen LogP contribution in [0.4, 0.5) is 10.5 Å². The van der Waals surface area contributed by atoms with Gasteiger partial charge in [0.05, 0.1) is 17.1 Å². The molecule has 0 unspecified atom stereocenters. The molecule has 10 heteroatoms. The van der Waals surface area contributed by atoms with E-state index in [2.05, 4.69) is 20.4 Å². The number of rotatable bonds is 6. The van der Waals surface area contributed by atoms with E-state index in [0.717, 1.165) is 26.8 Å². The van der Waals surface area contributed by atoms with Crippen LogP contribution in [0.2, 0.25) is 0 Å². The molecule has 28 heavy (non-hydrogen) atoms. The van der Waals surface area contributed by atoms with Crippen molar-refractivity contribution in [3.8, 4) is 0 Å². The van der Waals surface area contributed by atoms with Crippen LogP contribution in [0.3, 0.4) is 0 Å². The van der Waals surface area contributed by atoms with E-state index in [4.69, 9.17) is 16.4 Å². The average Bonchev–Trinajstić information content (AvgIpc) is 3.22. The topological polar surface area (TPSA) is 138 Å². The van der Waals surface area contributed by atoms with Gasteiger partial charge in [0.15, 0.2) is 0 Å². The molecule has 10 nitrogen and oxygen atoms in total. The lowest BCUT2D eigenvalue weighted by atomic mass is 10.1. The van der Waals surface area contributed by atoms with Crippen molar-refractivity contribution in [2.45, 2.75) is 33.8 Å². The van der Waals surface area contributed by atoms with Crippen LogP contribution in [0.15, 0.2) is 40.7 Å². The summed E-state index contributed by atoms with van der Waals surface area (Å²) in [4.78, 5) is 12.1. The normalized spacial score (nSPS) is 12.1. The standard InChI is InChI=1S/C18H26N8O2/c1-5-17(24-22-13(3)15-9-10-21-23-15)28-11-14-12(2)7-6-8-16(14)26(20)18(27)25(4)19/h6-10H,5,11,19-20H2,1-4H3,(H,21,23). The Morgan fingerprint density at radius 1 is 1.29 bits per heavy atom. The molecule has 0 aliphatic carbocycles. The number of nitrogens with two attached hydrogens (primary N) is 2. The zero-order valence-electron chi connectivity index (χ0n) is 16.5. The second-order valence-electron chi connectivity index (χ2n) is 6.13. The number of hydrazine groups is 2. The lowest BCUT2D eigenvalue weighted by Crippen LogP contribution is -2.49. The fourth-order valence-corrected chi connectivity index (χ4v) is 2.37. The predicted octanol–water partition coefficient (Wildman–Crippen LogP) is 2.07. The largest absolute Gasteiger partial charge is 0.475 e. The van der Waals surface area contributed by atoms with Crippen molar-refractivity contribution in [1.82, 2.24) is 15.2 Å². The number of anilines is 1. The summed E-state index contributed by atoms with van der Waals surface area (Å²) in [6, 6.07) is 6.72. The Kier molecular flexibility index (Phi) is 7.24. The van der Waals surface area contributed by atoms with Gasteiger partial charge in [-0.2, -0.15) is 10.2 Å². The highest BCUT2D eigenvalue weighted by atomic mass is 16.5. The van der Waals surface area contributed by atoms with Crippen LogP contribution in [0.5, 0.6) is 0 Å². The van der Waals surface area contributed by atoms with Gasteiger partial charge >= 0.3 is 6.03 Å². The van der Waals surface area contributed by atoms with Gasteiger partial charge in [0.2, 0.25) is 5.90 Å². The van der Waals surface area contributed by atoms with E-state index in [1.807, 2.05) is 39.0 Å². The molecular weight excluding hydrogens is 360 g/mol. The van der Waals surface area contributed by atoms with Gasteiger partial charge < -0.3 is 4.74 Å². The Morgan fingerprint density at radius 3 is 2.64 bits per heavy atom. The van der Waals surface area contributed by atoms with Crippen LogP contribution < -0.4 is 16.7 Å². The van der Waals surface area contributed by atoms with Crippen LogP contribution in [0.25, 0.3) is 0 Å². The number of benzene rings is 1. The summed E-state index contributed by atoms with van der Waals surface area (Å²) in [6.45, 7) is 5.84. The lowest BCUT2D eigenvalue weighted by Gasteiger charge is -2.24. The van der Waals surface area contributed by atoms with Crippen molar-refractivity contribution >= 4 is 23.3 Å². The van der Waals surface area contributed by atoms with Crippen LogP contribution in [0, 0.1) is 6.92 Å². The number of carbonyl (C=O) groups excluding carboxylic acids is 1. The molecule has 0 aliphatic heterocycles. The number of ether oxygens (including phenoxy) is 1. The van der Waals surface area contributed by atoms with Crippen molar-refractivity contribution in [1.29, 1.82) is 0 Å². The smallest absolute Gasteiger partial charge is 0.352 e. The maximum Gasteiger partial charge on any atom is 0.352 e. The maximum atomic E-state index is 12.1. The van der Waals surface area contributed by atoms with Crippen LogP contribution in [0.1, 0.15) is 37.1 Å². The molecule has 1 aromatic heterocycles. The maximum absolute atomic E-state index is 12.1. The van der Waals surface area contributed by atoms with E-state index < -0.39 is 6.03 Å². The first-order chi connectivity index (χ1) is 13.3. The predicted molar refractivity (Wildman–Crippen MR) is 109 cm³/mol. The fourth-order valence-electron chi connectivity index (χ4n) is 2.37. The molecule has 0 radical (unpaired) electrons. The Morgan fingerprint density at radius 2 is 2.04 bits per heavy atom. The van der Waals surface area contributed by atoms with Gasteiger partial charge in [0.1, 0.15) is 6.61 Å². The zero-order chi connectivity index (χ0) is 20.7. The molecule has 0 spiro atoms. The lowest BCUT2D eigenvalue weighted by molar-refractivity contribution is 0.216. The van der Waals surface area contributed by atoms with Crippen LogP contribution >= 0.6 is 0 Å². The number of H-pyrrole nitrogens is 1. The molecule has 150 valence electrons. The van der Waals surface area contributed by atoms with E-state index in [1.165, 1.54) is 7.05 Å². The number of hydrogen-bond donors (Lipinski definition) is 3. The molecule has 2 rings (SSSR count). The first-order valence-electron chi connectivity index (χ1n) is 8.74. The summed E-state index contributed by atoms with van der Waals surface area (Å²) in [6.07, 6.45) is 2.20. The molecule has 2 amide bonds. The summed E-state index contributed by atoms with van der Waals surface area (Å²) in [5, 5.41) is 17.0. The quantitative estimate of drug-likeness (QED) is 0.229. The number of aromatic nitrogens is 2. The van der Waals surface area contributed by atoms with Gasteiger partial charge in [-0.1, -0.05) is 19.1 Å². The molecule has 1 heterocycles. The minimum atomic E-state index is -0.545. The summed E-state index contributed by atoms with van der Waals surface area (Å²) in [7, 11) is 1.43. The third-order valence-corrected chi connectivity index (χ3v) is 4.04. The molecule has 2 aromatic rings. The summed E-state index contributed by atoms with van der Waals surface area (Å²) < 4.78 is 5.84. The van der Waals surface area contributed by atoms with E-state index in [1.54, 1.807) is 12.3 Å². The highest BCUT2D eigenvalue weighted by Crippen LogP contribution is 2.23. The third-order valence-electron chi connectivity index (χ3n) is 4.04. The molecule has 0 aliphatic rings. The number of urea groups is 1. The minimum Gasteiger partial charge on any atom is -0.475 e. The number of amides is 2. The van der Waals surface area contributed by atoms with Crippen molar-refractivity contribution in [2.24, 2.45) is 21.9 Å². The van der Waals surface area contributed by atoms with Gasteiger partial charge in [-0.25, -0.2) is 21.5 Å². The monoisotopic (exact) mass is 386 g/mol. The molecule has 0 fully saturated rings. The number of nitrogens with zero attached hydrogens (tertiary/aromatic N) is 5. The number of hydrogen-bond acceptors (Lipinski definition) is 7. The molecule has 0 bridgehead atoms. The highest BCUT2D eigenvalue weighted by Gasteiger charge is 2.19. The second kappa shape index (κ2) is 9.62. The molecule has 0 saturated heterocycles. The first kappa shape index (κ1) is 21.1. The summed E-state index contributed by atoms with van der Waals surface area (Å²) in [5.74, 6) is 11.9. The van der Waals surface area contributed by atoms with Gasteiger partial charge in [0.25, 0.3) is 0 Å². The van der Waals surface area contributed by atoms with Gasteiger partial charge in [0, 0.05) is 25.2 Å².